The SMILES string of the molecule is C=CCOC12Oc3ccc(Oc4ccc(OC)c(C=O)c4)cc3C3C(CCCCO)C(CCCCO)C=C(C(=NOCC)CC1N(CCC)C(=O)c1ccc(C#N)cc1)C32. The van der Waals surface area contributed by atoms with E-state index in [0.29, 0.717) is 77.8 Å². The number of aliphatic hydroxyl groups excluding tert-OH is 2. The lowest BCUT2D eigenvalue weighted by molar-refractivity contribution is -0.254. The first-order valence-electron chi connectivity index (χ1n) is 21.1. The van der Waals surface area contributed by atoms with Crippen LogP contribution in [0.4, 0.5) is 0 Å². The Morgan fingerprint density at radius 3 is 2.43 bits per heavy atom. The zero-order chi connectivity index (χ0) is 42.6. The van der Waals surface area contributed by atoms with Crippen molar-refractivity contribution in [2.75, 3.05) is 40.1 Å². The Morgan fingerprint density at radius 2 is 1.77 bits per heavy atom. The largest absolute Gasteiger partial charge is 0.496 e. The molecule has 1 fully saturated rings. The molecule has 12 heteroatoms. The summed E-state index contributed by atoms with van der Waals surface area (Å²) in [7, 11) is 1.51. The normalized spacial score (nSPS) is 23.2. The van der Waals surface area contributed by atoms with Gasteiger partial charge in [0.2, 0.25) is 5.79 Å². The van der Waals surface area contributed by atoms with E-state index in [0.717, 1.165) is 43.1 Å². The predicted octanol–water partition coefficient (Wildman–Crippen LogP) is 8.38. The number of allylic oxidation sites excluding steroid dienone is 1. The van der Waals surface area contributed by atoms with Crippen LogP contribution in [0.15, 0.2) is 90.1 Å². The van der Waals surface area contributed by atoms with Crippen molar-refractivity contribution in [3.63, 3.8) is 0 Å². The van der Waals surface area contributed by atoms with Gasteiger partial charge in [-0.2, -0.15) is 5.26 Å². The summed E-state index contributed by atoms with van der Waals surface area (Å²) in [5.74, 6) is -0.242. The van der Waals surface area contributed by atoms with Gasteiger partial charge in [0.05, 0.1) is 42.5 Å². The highest BCUT2D eigenvalue weighted by molar-refractivity contribution is 6.03. The van der Waals surface area contributed by atoms with Gasteiger partial charge in [0.15, 0.2) is 6.29 Å². The number of carbonyl (C=O) groups excluding carboxylic acids is 2. The van der Waals surface area contributed by atoms with Crippen LogP contribution in [-0.4, -0.2) is 84.9 Å². The van der Waals surface area contributed by atoms with Crippen molar-refractivity contribution in [3.05, 3.63) is 107 Å². The lowest BCUT2D eigenvalue weighted by Crippen LogP contribution is -2.70. The highest BCUT2D eigenvalue weighted by Gasteiger charge is 2.65. The first kappa shape index (κ1) is 44.1. The van der Waals surface area contributed by atoms with Crippen LogP contribution in [0.3, 0.4) is 0 Å². The molecule has 6 rings (SSSR count). The number of ether oxygens (including phenoxy) is 4. The number of oxime groups is 1. The molecule has 3 aliphatic rings. The van der Waals surface area contributed by atoms with Crippen molar-refractivity contribution in [3.8, 4) is 29.1 Å². The molecule has 318 valence electrons. The van der Waals surface area contributed by atoms with E-state index in [4.69, 9.17) is 28.9 Å². The number of carbonyl (C=O) groups is 2. The van der Waals surface area contributed by atoms with Gasteiger partial charge in [0.25, 0.3) is 5.91 Å². The van der Waals surface area contributed by atoms with Crippen molar-refractivity contribution < 1.29 is 43.6 Å². The third kappa shape index (κ3) is 9.14. The summed E-state index contributed by atoms with van der Waals surface area (Å²) in [6, 6.07) is 18.9. The molecule has 0 bridgehead atoms. The summed E-state index contributed by atoms with van der Waals surface area (Å²) in [4.78, 5) is 34.4. The number of aliphatic hydroxyl groups is 2. The summed E-state index contributed by atoms with van der Waals surface area (Å²) in [5, 5.41) is 34.1. The summed E-state index contributed by atoms with van der Waals surface area (Å²) in [6.07, 6.45) is 10.1. The minimum absolute atomic E-state index is 0.0252. The van der Waals surface area contributed by atoms with E-state index in [1.807, 2.05) is 36.9 Å². The van der Waals surface area contributed by atoms with E-state index in [2.05, 4.69) is 18.7 Å². The maximum absolute atomic E-state index is 14.8. The minimum atomic E-state index is -1.41. The van der Waals surface area contributed by atoms with Crippen LogP contribution >= 0.6 is 0 Å². The average Bonchev–Trinajstić information content (AvgIpc) is 3.27. The van der Waals surface area contributed by atoms with Gasteiger partial charge in [-0.25, -0.2) is 0 Å². The Bertz CT molecular complexity index is 2080. The molecule has 0 spiro atoms. The fourth-order valence-corrected chi connectivity index (χ4v) is 9.35. The molecule has 3 aromatic rings. The first-order chi connectivity index (χ1) is 29.3. The van der Waals surface area contributed by atoms with Gasteiger partial charge < -0.3 is 38.9 Å². The molecule has 6 atom stereocenters. The average molecular weight is 820 g/mol. The van der Waals surface area contributed by atoms with E-state index < -0.39 is 17.7 Å². The zero-order valence-electron chi connectivity index (χ0n) is 34.9. The summed E-state index contributed by atoms with van der Waals surface area (Å²) in [6.45, 7) is 8.96. The molecule has 1 amide bonds. The number of fused-ring (bicyclic) bond motifs is 2. The third-order valence-corrected chi connectivity index (χ3v) is 11.9. The lowest BCUT2D eigenvalue weighted by Gasteiger charge is -2.60. The summed E-state index contributed by atoms with van der Waals surface area (Å²) < 4.78 is 26.2. The molecule has 6 unspecified atom stereocenters. The Kier molecular flexibility index (Phi) is 15.2. The Labute approximate surface area is 353 Å². The van der Waals surface area contributed by atoms with Crippen LogP contribution in [0.5, 0.6) is 23.0 Å². The molecular formula is C48H57N3O9. The number of methoxy groups -OCH3 is 1. The third-order valence-electron chi connectivity index (χ3n) is 11.9. The first-order valence-corrected chi connectivity index (χ1v) is 21.1. The van der Waals surface area contributed by atoms with Crippen molar-refractivity contribution >= 4 is 17.9 Å². The minimum Gasteiger partial charge on any atom is -0.496 e. The van der Waals surface area contributed by atoms with Gasteiger partial charge in [-0.1, -0.05) is 37.1 Å². The molecular weight excluding hydrogens is 763 g/mol. The second kappa shape index (κ2) is 20.7. The lowest BCUT2D eigenvalue weighted by atomic mass is 9.55. The molecule has 0 saturated heterocycles. The van der Waals surface area contributed by atoms with Crippen LogP contribution in [0.25, 0.3) is 0 Å². The van der Waals surface area contributed by atoms with Gasteiger partial charge in [0.1, 0.15) is 35.6 Å². The Hall–Kier alpha value is -5.48. The van der Waals surface area contributed by atoms with E-state index in [-0.39, 0.29) is 49.9 Å². The Balaban J connectivity index is 1.59. The van der Waals surface area contributed by atoms with Crippen LogP contribution in [0.1, 0.15) is 103 Å². The van der Waals surface area contributed by atoms with Crippen LogP contribution in [0, 0.1) is 29.1 Å². The summed E-state index contributed by atoms with van der Waals surface area (Å²) >= 11 is 0. The maximum atomic E-state index is 14.8. The highest BCUT2D eigenvalue weighted by atomic mass is 16.7. The molecule has 12 nitrogen and oxygen atoms in total. The molecule has 2 N–H and O–H groups in total. The molecule has 1 aliphatic heterocycles. The smallest absolute Gasteiger partial charge is 0.254 e. The maximum Gasteiger partial charge on any atom is 0.254 e. The van der Waals surface area contributed by atoms with E-state index >= 15 is 0 Å². The predicted molar refractivity (Wildman–Crippen MR) is 228 cm³/mol. The summed E-state index contributed by atoms with van der Waals surface area (Å²) in [5.41, 5.74) is 3.80. The van der Waals surface area contributed by atoms with Crippen LogP contribution < -0.4 is 14.2 Å². The van der Waals surface area contributed by atoms with Gasteiger partial charge >= 0.3 is 0 Å². The number of nitrogens with zero attached hydrogens (tertiary/aromatic N) is 3. The zero-order valence-corrected chi connectivity index (χ0v) is 34.9. The number of rotatable bonds is 21. The topological polar surface area (TPSA) is 160 Å². The molecule has 1 saturated carbocycles. The molecule has 2 aliphatic carbocycles. The van der Waals surface area contributed by atoms with E-state index in [1.54, 1.807) is 48.5 Å². The van der Waals surface area contributed by atoms with Crippen LogP contribution in [0.2, 0.25) is 0 Å². The fourth-order valence-electron chi connectivity index (χ4n) is 9.35. The highest BCUT2D eigenvalue weighted by Crippen LogP contribution is 2.62. The molecule has 0 radical (unpaired) electrons. The van der Waals surface area contributed by atoms with Crippen molar-refractivity contribution in [1.29, 1.82) is 5.26 Å². The van der Waals surface area contributed by atoms with E-state index in [1.165, 1.54) is 7.11 Å². The number of nitriles is 1. The number of unbranched alkanes of at least 4 members (excludes halogenated alkanes) is 2. The monoisotopic (exact) mass is 819 g/mol. The van der Waals surface area contributed by atoms with Crippen LogP contribution in [-0.2, 0) is 9.57 Å². The molecule has 3 aromatic carbocycles. The quantitative estimate of drug-likeness (QED) is 0.0463. The van der Waals surface area contributed by atoms with Crippen molar-refractivity contribution in [1.82, 2.24) is 4.90 Å². The van der Waals surface area contributed by atoms with Gasteiger partial charge in [-0.15, -0.1) is 6.58 Å². The Morgan fingerprint density at radius 1 is 1.03 bits per heavy atom. The standard InChI is InChI=1S/C48H57N3O9/c1-5-22-51(47(55)33-16-14-32(30-49)15-17-33)44-29-41(50-58-7-3)39-27-34(12-8-10-23-52)38(13-9-11-24-53)45-40-28-37(59-36-18-20-42(56-4)35(26-36)31-54)19-21-43(40)60-48(44,46(39)45)57-25-6-2/h6,14-21,26-28,31,34,38,44-46,52-53H,2,5,7-13,22-25,29H2,1,3-4H3. The van der Waals surface area contributed by atoms with Gasteiger partial charge in [0, 0.05) is 43.2 Å². The van der Waals surface area contributed by atoms with Gasteiger partial charge in [-0.3, -0.25) is 9.59 Å². The van der Waals surface area contributed by atoms with Crippen molar-refractivity contribution in [2.24, 2.45) is 22.9 Å². The van der Waals surface area contributed by atoms with Crippen molar-refractivity contribution in [2.45, 2.75) is 83.0 Å². The van der Waals surface area contributed by atoms with Gasteiger partial charge in [-0.05, 0) is 117 Å². The second-order valence-corrected chi connectivity index (χ2v) is 15.5. The number of amides is 1. The number of benzene rings is 3. The number of hydrogen-bond acceptors (Lipinski definition) is 11. The number of aldehydes is 1. The number of hydrogen-bond donors (Lipinski definition) is 2. The fraction of sp³-hybridized carbons (Fsp3) is 0.458. The molecule has 0 aromatic heterocycles. The molecule has 60 heavy (non-hydrogen) atoms. The second-order valence-electron chi connectivity index (χ2n) is 15.5. The molecule has 1 heterocycles. The van der Waals surface area contributed by atoms with E-state index in [9.17, 15) is 25.1 Å².